The zero-order chi connectivity index (χ0) is 11.5. The van der Waals surface area contributed by atoms with Gasteiger partial charge in [-0.05, 0) is 32.8 Å². The average molecular weight is 221 g/mol. The van der Waals surface area contributed by atoms with Crippen molar-refractivity contribution in [1.29, 1.82) is 0 Å². The van der Waals surface area contributed by atoms with E-state index in [1.807, 2.05) is 13.8 Å². The van der Waals surface area contributed by atoms with E-state index in [2.05, 4.69) is 4.98 Å². The molecule has 1 aliphatic carbocycles. The summed E-state index contributed by atoms with van der Waals surface area (Å²) in [5.41, 5.74) is 0.506. The molecule has 0 spiro atoms. The molecule has 0 radical (unpaired) electrons. The van der Waals surface area contributed by atoms with Gasteiger partial charge in [-0.2, -0.15) is 0 Å². The first-order chi connectivity index (χ1) is 7.69. The van der Waals surface area contributed by atoms with Gasteiger partial charge in [-0.1, -0.05) is 0 Å². The Kier molecular flexibility index (Phi) is 3.08. The third-order valence-electron chi connectivity index (χ3n) is 2.14. The number of aldehydes is 1. The van der Waals surface area contributed by atoms with Crippen LogP contribution in [0.1, 0.15) is 37.0 Å². The number of pyridine rings is 1. The molecule has 0 atom stereocenters. The quantitative estimate of drug-likeness (QED) is 0.715. The van der Waals surface area contributed by atoms with Crippen molar-refractivity contribution in [2.75, 3.05) is 0 Å². The van der Waals surface area contributed by atoms with Gasteiger partial charge in [0.25, 0.3) is 5.88 Å². The lowest BCUT2D eigenvalue weighted by molar-refractivity contribution is 0.112. The van der Waals surface area contributed by atoms with Crippen molar-refractivity contribution in [2.45, 2.75) is 38.9 Å². The van der Waals surface area contributed by atoms with Gasteiger partial charge in [-0.3, -0.25) is 4.79 Å². The normalized spacial score (nSPS) is 14.9. The van der Waals surface area contributed by atoms with Crippen LogP contribution in [0, 0.1) is 0 Å². The maximum Gasteiger partial charge on any atom is 0.257 e. The molecule has 0 aliphatic heterocycles. The summed E-state index contributed by atoms with van der Waals surface area (Å²) in [6.07, 6.45) is 4.67. The summed E-state index contributed by atoms with van der Waals surface area (Å²) < 4.78 is 11.2. The first kappa shape index (κ1) is 10.9. The number of carbonyl (C=O) groups is 1. The molecule has 1 heterocycles. The lowest BCUT2D eigenvalue weighted by Crippen LogP contribution is -2.09. The van der Waals surface area contributed by atoms with Crippen molar-refractivity contribution in [3.63, 3.8) is 0 Å². The third-order valence-corrected chi connectivity index (χ3v) is 2.14. The number of aromatic nitrogens is 1. The van der Waals surface area contributed by atoms with Crippen LogP contribution in [-0.4, -0.2) is 23.5 Å². The highest BCUT2D eigenvalue weighted by atomic mass is 16.5. The second-order valence-corrected chi connectivity index (χ2v) is 4.17. The predicted molar refractivity (Wildman–Crippen MR) is 59.0 cm³/mol. The van der Waals surface area contributed by atoms with Crippen LogP contribution >= 0.6 is 0 Å². The van der Waals surface area contributed by atoms with Crippen molar-refractivity contribution >= 4 is 6.29 Å². The van der Waals surface area contributed by atoms with Crippen LogP contribution in [0.2, 0.25) is 0 Å². The highest BCUT2D eigenvalue weighted by Gasteiger charge is 2.25. The molecule has 4 heteroatoms. The van der Waals surface area contributed by atoms with Gasteiger partial charge >= 0.3 is 0 Å². The second-order valence-electron chi connectivity index (χ2n) is 4.17. The molecule has 4 nitrogen and oxygen atoms in total. The number of carbonyl (C=O) groups excluding carboxylic acids is 1. The molecule has 1 fully saturated rings. The molecule has 0 unspecified atom stereocenters. The van der Waals surface area contributed by atoms with Crippen LogP contribution in [0.3, 0.4) is 0 Å². The van der Waals surface area contributed by atoms with Gasteiger partial charge in [-0.15, -0.1) is 0 Å². The molecule has 0 N–H and O–H groups in total. The summed E-state index contributed by atoms with van der Waals surface area (Å²) in [6, 6.07) is 1.68. The maximum atomic E-state index is 10.7. The van der Waals surface area contributed by atoms with Crippen LogP contribution in [-0.2, 0) is 0 Å². The van der Waals surface area contributed by atoms with Crippen molar-refractivity contribution in [3.05, 3.63) is 17.8 Å². The highest BCUT2D eigenvalue weighted by Crippen LogP contribution is 2.32. The number of hydrogen-bond acceptors (Lipinski definition) is 4. The summed E-state index contributed by atoms with van der Waals surface area (Å²) in [6.45, 7) is 3.85. The third kappa shape index (κ3) is 2.72. The van der Waals surface area contributed by atoms with Gasteiger partial charge in [0.05, 0.1) is 12.2 Å². The Balaban J connectivity index is 2.22. The van der Waals surface area contributed by atoms with E-state index in [-0.39, 0.29) is 12.2 Å². The van der Waals surface area contributed by atoms with E-state index in [1.165, 1.54) is 6.20 Å². The SMILES string of the molecule is CC(C)Oc1ncc(C=O)cc1OC1CC1. The van der Waals surface area contributed by atoms with Crippen LogP contribution in [0.4, 0.5) is 0 Å². The fourth-order valence-corrected chi connectivity index (χ4v) is 1.27. The van der Waals surface area contributed by atoms with Crippen molar-refractivity contribution < 1.29 is 14.3 Å². The van der Waals surface area contributed by atoms with Crippen LogP contribution < -0.4 is 9.47 Å². The topological polar surface area (TPSA) is 48.4 Å². The number of rotatable bonds is 5. The van der Waals surface area contributed by atoms with E-state index in [9.17, 15) is 4.79 Å². The lowest BCUT2D eigenvalue weighted by Gasteiger charge is -2.13. The van der Waals surface area contributed by atoms with Crippen molar-refractivity contribution in [2.24, 2.45) is 0 Å². The van der Waals surface area contributed by atoms with Crippen molar-refractivity contribution in [1.82, 2.24) is 4.98 Å². The molecule has 1 aliphatic rings. The molecule has 0 amide bonds. The van der Waals surface area contributed by atoms with Gasteiger partial charge in [0.15, 0.2) is 12.0 Å². The van der Waals surface area contributed by atoms with Gasteiger partial charge in [-0.25, -0.2) is 4.98 Å². The first-order valence-electron chi connectivity index (χ1n) is 5.47. The van der Waals surface area contributed by atoms with Crippen molar-refractivity contribution in [3.8, 4) is 11.6 Å². The highest BCUT2D eigenvalue weighted by molar-refractivity contribution is 5.75. The summed E-state index contributed by atoms with van der Waals surface area (Å²) >= 11 is 0. The molecular weight excluding hydrogens is 206 g/mol. The molecule has 16 heavy (non-hydrogen) atoms. The maximum absolute atomic E-state index is 10.7. The number of nitrogens with zero attached hydrogens (tertiary/aromatic N) is 1. The minimum absolute atomic E-state index is 0.0381. The Bertz CT molecular complexity index is 386. The van der Waals surface area contributed by atoms with Gasteiger partial charge in [0, 0.05) is 11.8 Å². The molecule has 2 rings (SSSR count). The molecule has 0 aromatic carbocycles. The lowest BCUT2D eigenvalue weighted by atomic mass is 10.3. The standard InChI is InChI=1S/C12H15NO3/c1-8(2)15-12-11(16-10-3-4-10)5-9(7-14)6-13-12/h5-8,10H,3-4H2,1-2H3. The number of hydrogen-bond donors (Lipinski definition) is 0. The van der Waals surface area contributed by atoms with Gasteiger partial charge in [0.1, 0.15) is 0 Å². The zero-order valence-corrected chi connectivity index (χ0v) is 9.47. The molecule has 0 saturated heterocycles. The van der Waals surface area contributed by atoms with E-state index in [4.69, 9.17) is 9.47 Å². The van der Waals surface area contributed by atoms with E-state index in [1.54, 1.807) is 6.07 Å². The fourth-order valence-electron chi connectivity index (χ4n) is 1.27. The van der Waals surface area contributed by atoms with E-state index in [0.717, 1.165) is 19.1 Å². The van der Waals surface area contributed by atoms with Crippen LogP contribution in [0.5, 0.6) is 11.6 Å². The average Bonchev–Trinajstić information content (AvgIpc) is 3.04. The molecular formula is C12H15NO3. The van der Waals surface area contributed by atoms with Crippen LogP contribution in [0.25, 0.3) is 0 Å². The van der Waals surface area contributed by atoms with E-state index < -0.39 is 0 Å². The Labute approximate surface area is 94.6 Å². The minimum atomic E-state index is 0.0381. The minimum Gasteiger partial charge on any atom is -0.485 e. The molecule has 1 aromatic rings. The first-order valence-corrected chi connectivity index (χ1v) is 5.47. The van der Waals surface area contributed by atoms with Gasteiger partial charge < -0.3 is 9.47 Å². The van der Waals surface area contributed by atoms with E-state index >= 15 is 0 Å². The smallest absolute Gasteiger partial charge is 0.257 e. The second kappa shape index (κ2) is 4.51. The van der Waals surface area contributed by atoms with Crippen LogP contribution in [0.15, 0.2) is 12.3 Å². The summed E-state index contributed by atoms with van der Waals surface area (Å²) in [5, 5.41) is 0. The Morgan fingerprint density at radius 2 is 2.25 bits per heavy atom. The predicted octanol–water partition coefficient (Wildman–Crippen LogP) is 2.22. The number of ether oxygens (including phenoxy) is 2. The van der Waals surface area contributed by atoms with E-state index in [0.29, 0.717) is 17.2 Å². The Morgan fingerprint density at radius 3 is 2.81 bits per heavy atom. The monoisotopic (exact) mass is 221 g/mol. The Hall–Kier alpha value is -1.58. The summed E-state index contributed by atoms with van der Waals surface area (Å²) in [4.78, 5) is 14.7. The Morgan fingerprint density at radius 1 is 1.50 bits per heavy atom. The summed E-state index contributed by atoms with van der Waals surface area (Å²) in [5.74, 6) is 1.04. The molecule has 86 valence electrons. The largest absolute Gasteiger partial charge is 0.485 e. The molecule has 1 aromatic heterocycles. The molecule has 1 saturated carbocycles. The zero-order valence-electron chi connectivity index (χ0n) is 9.47. The van der Waals surface area contributed by atoms with Gasteiger partial charge in [0.2, 0.25) is 0 Å². The fraction of sp³-hybridized carbons (Fsp3) is 0.500. The molecule has 0 bridgehead atoms. The summed E-state index contributed by atoms with van der Waals surface area (Å²) in [7, 11) is 0.